The van der Waals surface area contributed by atoms with E-state index in [4.69, 9.17) is 0 Å². The van der Waals surface area contributed by atoms with Crippen molar-refractivity contribution in [3.8, 4) is 0 Å². The van der Waals surface area contributed by atoms with Crippen LogP contribution < -0.4 is 10.6 Å². The summed E-state index contributed by atoms with van der Waals surface area (Å²) in [7, 11) is 1.65. The van der Waals surface area contributed by atoms with E-state index in [1.54, 1.807) is 7.05 Å². The Bertz CT molecular complexity index is 607. The van der Waals surface area contributed by atoms with Crippen LogP contribution in [0.25, 0.3) is 0 Å². The molecule has 2 aromatic rings. The molecule has 0 aliphatic carbocycles. The Balaban J connectivity index is 1.82. The molecule has 2 unspecified atom stereocenters. The minimum absolute atomic E-state index is 0.0386. The number of nitrogens with one attached hydrogen (secondary N) is 2. The first-order chi connectivity index (χ1) is 11.1. The van der Waals surface area contributed by atoms with Crippen LogP contribution in [0.3, 0.4) is 0 Å². The van der Waals surface area contributed by atoms with Crippen LogP contribution in [0.2, 0.25) is 0 Å². The van der Waals surface area contributed by atoms with Gasteiger partial charge in [0.1, 0.15) is 0 Å². The van der Waals surface area contributed by atoms with Gasteiger partial charge in [0, 0.05) is 24.7 Å². The number of carbonyl (C=O) groups excluding carboxylic acids is 1. The van der Waals surface area contributed by atoms with Crippen molar-refractivity contribution in [3.05, 3.63) is 71.3 Å². The standard InChI is InChI=1S/C20H26N2O/c1-15(22-16(2)18-7-5-4-6-8-18)9-10-17-11-13-19(14-12-17)20(23)21-3/h4-8,11-16,22H,9-10H2,1-3H3,(H,21,23). The third-order valence-corrected chi connectivity index (χ3v) is 4.14. The molecule has 2 aromatic carbocycles. The number of hydrogen-bond acceptors (Lipinski definition) is 2. The maximum Gasteiger partial charge on any atom is 0.251 e. The zero-order valence-corrected chi connectivity index (χ0v) is 14.2. The van der Waals surface area contributed by atoms with Crippen LogP contribution in [0.5, 0.6) is 0 Å². The first-order valence-corrected chi connectivity index (χ1v) is 8.22. The Morgan fingerprint density at radius 3 is 2.26 bits per heavy atom. The van der Waals surface area contributed by atoms with E-state index in [1.807, 2.05) is 30.3 Å². The zero-order chi connectivity index (χ0) is 16.7. The summed E-state index contributed by atoms with van der Waals surface area (Å²) in [6, 6.07) is 19.1. The lowest BCUT2D eigenvalue weighted by atomic mass is 10.0. The fourth-order valence-electron chi connectivity index (χ4n) is 2.70. The summed E-state index contributed by atoms with van der Waals surface area (Å²) >= 11 is 0. The van der Waals surface area contributed by atoms with Gasteiger partial charge in [-0.3, -0.25) is 4.79 Å². The largest absolute Gasteiger partial charge is 0.355 e. The maximum absolute atomic E-state index is 11.5. The molecule has 1 amide bonds. The highest BCUT2D eigenvalue weighted by atomic mass is 16.1. The van der Waals surface area contributed by atoms with E-state index >= 15 is 0 Å². The van der Waals surface area contributed by atoms with Gasteiger partial charge in [-0.2, -0.15) is 0 Å². The minimum Gasteiger partial charge on any atom is -0.355 e. The lowest BCUT2D eigenvalue weighted by molar-refractivity contribution is 0.0963. The highest BCUT2D eigenvalue weighted by Gasteiger charge is 2.09. The molecule has 3 heteroatoms. The normalized spacial score (nSPS) is 13.3. The van der Waals surface area contributed by atoms with Crippen LogP contribution >= 0.6 is 0 Å². The highest BCUT2D eigenvalue weighted by Crippen LogP contribution is 2.14. The number of rotatable bonds is 7. The van der Waals surface area contributed by atoms with Crippen molar-refractivity contribution in [3.63, 3.8) is 0 Å². The smallest absolute Gasteiger partial charge is 0.251 e. The Kier molecular flexibility index (Phi) is 6.36. The zero-order valence-electron chi connectivity index (χ0n) is 14.2. The topological polar surface area (TPSA) is 41.1 Å². The second kappa shape index (κ2) is 8.49. The van der Waals surface area contributed by atoms with Gasteiger partial charge in [0.2, 0.25) is 0 Å². The molecule has 0 aromatic heterocycles. The molecule has 0 saturated heterocycles. The predicted octanol–water partition coefficient (Wildman–Crippen LogP) is 3.72. The molecule has 23 heavy (non-hydrogen) atoms. The molecule has 2 N–H and O–H groups in total. The quantitative estimate of drug-likeness (QED) is 0.818. The molecule has 2 atom stereocenters. The molecule has 0 spiro atoms. The third-order valence-electron chi connectivity index (χ3n) is 4.14. The van der Waals surface area contributed by atoms with Gasteiger partial charge in [0.15, 0.2) is 0 Å². The van der Waals surface area contributed by atoms with Crippen molar-refractivity contribution in [1.29, 1.82) is 0 Å². The molecule has 0 bridgehead atoms. The summed E-state index contributed by atoms with van der Waals surface area (Å²) in [4.78, 5) is 11.5. The fraction of sp³-hybridized carbons (Fsp3) is 0.350. The summed E-state index contributed by atoms with van der Waals surface area (Å²) in [6.45, 7) is 4.42. The Morgan fingerprint density at radius 1 is 1.00 bits per heavy atom. The van der Waals surface area contributed by atoms with Crippen LogP contribution in [-0.4, -0.2) is 19.0 Å². The number of amides is 1. The summed E-state index contributed by atoms with van der Waals surface area (Å²) in [5.74, 6) is -0.0386. The van der Waals surface area contributed by atoms with Gasteiger partial charge in [-0.25, -0.2) is 0 Å². The van der Waals surface area contributed by atoms with Gasteiger partial charge in [0.05, 0.1) is 0 Å². The summed E-state index contributed by atoms with van der Waals surface area (Å²) in [5, 5.41) is 6.28. The molecule has 0 fully saturated rings. The molecule has 2 rings (SSSR count). The van der Waals surface area contributed by atoms with Gasteiger partial charge in [0.25, 0.3) is 5.91 Å². The molecule has 0 aliphatic heterocycles. The monoisotopic (exact) mass is 310 g/mol. The summed E-state index contributed by atoms with van der Waals surface area (Å²) < 4.78 is 0. The molecule has 3 nitrogen and oxygen atoms in total. The molecule has 0 radical (unpaired) electrons. The van der Waals surface area contributed by atoms with E-state index in [0.29, 0.717) is 17.6 Å². The highest BCUT2D eigenvalue weighted by molar-refractivity contribution is 5.93. The van der Waals surface area contributed by atoms with E-state index in [0.717, 1.165) is 12.8 Å². The average molecular weight is 310 g/mol. The van der Waals surface area contributed by atoms with E-state index in [9.17, 15) is 4.79 Å². The second-order valence-corrected chi connectivity index (χ2v) is 6.01. The lowest BCUT2D eigenvalue weighted by Crippen LogP contribution is -2.29. The first-order valence-electron chi connectivity index (χ1n) is 8.22. The van der Waals surface area contributed by atoms with Gasteiger partial charge in [-0.15, -0.1) is 0 Å². The van der Waals surface area contributed by atoms with Crippen molar-refractivity contribution in [2.75, 3.05) is 7.05 Å². The average Bonchev–Trinajstić information content (AvgIpc) is 2.60. The van der Waals surface area contributed by atoms with Crippen molar-refractivity contribution in [1.82, 2.24) is 10.6 Å². The fourth-order valence-corrected chi connectivity index (χ4v) is 2.70. The lowest BCUT2D eigenvalue weighted by Gasteiger charge is -2.20. The maximum atomic E-state index is 11.5. The van der Waals surface area contributed by atoms with Gasteiger partial charge < -0.3 is 10.6 Å². The van der Waals surface area contributed by atoms with E-state index in [2.05, 4.69) is 48.7 Å². The summed E-state index contributed by atoms with van der Waals surface area (Å²) in [6.07, 6.45) is 2.07. The van der Waals surface area contributed by atoms with Crippen LogP contribution in [0.15, 0.2) is 54.6 Å². The summed E-state index contributed by atoms with van der Waals surface area (Å²) in [5.41, 5.74) is 3.29. The number of benzene rings is 2. The van der Waals surface area contributed by atoms with Crippen molar-refractivity contribution >= 4 is 5.91 Å². The molecule has 0 aliphatic rings. The van der Waals surface area contributed by atoms with Crippen molar-refractivity contribution in [2.45, 2.75) is 38.8 Å². The van der Waals surface area contributed by atoms with Crippen molar-refractivity contribution in [2.24, 2.45) is 0 Å². The Labute approximate surface area is 139 Å². The minimum atomic E-state index is -0.0386. The van der Waals surface area contributed by atoms with Crippen LogP contribution in [0.4, 0.5) is 0 Å². The molecular weight excluding hydrogens is 284 g/mol. The van der Waals surface area contributed by atoms with Gasteiger partial charge in [-0.05, 0) is 49.9 Å². The molecular formula is C20H26N2O. The van der Waals surface area contributed by atoms with E-state index < -0.39 is 0 Å². The number of carbonyl (C=O) groups is 1. The van der Waals surface area contributed by atoms with E-state index in [-0.39, 0.29) is 5.91 Å². The van der Waals surface area contributed by atoms with E-state index in [1.165, 1.54) is 11.1 Å². The molecule has 0 saturated carbocycles. The van der Waals surface area contributed by atoms with Crippen LogP contribution in [0, 0.1) is 0 Å². The predicted molar refractivity (Wildman–Crippen MR) is 95.6 cm³/mol. The van der Waals surface area contributed by atoms with Gasteiger partial charge >= 0.3 is 0 Å². The first kappa shape index (κ1) is 17.2. The van der Waals surface area contributed by atoms with Crippen LogP contribution in [-0.2, 0) is 6.42 Å². The second-order valence-electron chi connectivity index (χ2n) is 6.01. The SMILES string of the molecule is CNC(=O)c1ccc(CCC(C)NC(C)c2ccccc2)cc1. The number of hydrogen-bond donors (Lipinski definition) is 2. The Morgan fingerprint density at radius 2 is 1.65 bits per heavy atom. The third kappa shape index (κ3) is 5.22. The van der Waals surface area contributed by atoms with Gasteiger partial charge in [-0.1, -0.05) is 42.5 Å². The Hall–Kier alpha value is -2.13. The number of aryl methyl sites for hydroxylation is 1. The van der Waals surface area contributed by atoms with Crippen molar-refractivity contribution < 1.29 is 4.79 Å². The molecule has 122 valence electrons. The molecule has 0 heterocycles. The van der Waals surface area contributed by atoms with Crippen LogP contribution in [0.1, 0.15) is 47.8 Å².